The van der Waals surface area contributed by atoms with E-state index in [1.54, 1.807) is 0 Å². The highest BCUT2D eigenvalue weighted by Gasteiger charge is 2.27. The number of benzene rings is 1. The number of nitrogens with zero attached hydrogens (tertiary/aromatic N) is 1. The fourth-order valence-electron chi connectivity index (χ4n) is 2.13. The van der Waals surface area contributed by atoms with Gasteiger partial charge in [-0.25, -0.2) is 0 Å². The Morgan fingerprint density at radius 2 is 1.89 bits per heavy atom. The SMILES string of the molecule is FC(F)(F)COCCN1CCc2ccccc2C1. The largest absolute Gasteiger partial charge is 0.411 e. The molecule has 1 heterocycles. The number of hydrogen-bond donors (Lipinski definition) is 0. The van der Waals surface area contributed by atoms with Crippen molar-refractivity contribution in [2.45, 2.75) is 19.1 Å². The van der Waals surface area contributed by atoms with E-state index in [4.69, 9.17) is 0 Å². The van der Waals surface area contributed by atoms with Crippen molar-refractivity contribution in [2.24, 2.45) is 0 Å². The molecule has 0 atom stereocenters. The smallest absolute Gasteiger partial charge is 0.371 e. The number of ether oxygens (including phenoxy) is 1. The molecule has 0 unspecified atom stereocenters. The van der Waals surface area contributed by atoms with Gasteiger partial charge in [0.1, 0.15) is 6.61 Å². The van der Waals surface area contributed by atoms with Crippen LogP contribution in [0.2, 0.25) is 0 Å². The topological polar surface area (TPSA) is 12.5 Å². The molecule has 0 N–H and O–H groups in total. The standard InChI is InChI=1S/C13H16F3NO/c14-13(15,16)10-18-8-7-17-6-5-11-3-1-2-4-12(11)9-17/h1-4H,5-10H2. The summed E-state index contributed by atoms with van der Waals surface area (Å²) >= 11 is 0. The van der Waals surface area contributed by atoms with Gasteiger partial charge in [0.05, 0.1) is 6.61 Å². The van der Waals surface area contributed by atoms with Crippen molar-refractivity contribution >= 4 is 0 Å². The Bertz CT molecular complexity index is 392. The van der Waals surface area contributed by atoms with E-state index < -0.39 is 12.8 Å². The molecule has 2 rings (SSSR count). The van der Waals surface area contributed by atoms with Gasteiger partial charge < -0.3 is 4.74 Å². The summed E-state index contributed by atoms with van der Waals surface area (Å²) in [4.78, 5) is 2.12. The average Bonchev–Trinajstić information content (AvgIpc) is 2.33. The number of rotatable bonds is 4. The van der Waals surface area contributed by atoms with E-state index in [1.165, 1.54) is 11.1 Å². The Labute approximate surface area is 104 Å². The molecule has 1 aliphatic heterocycles. The molecule has 0 spiro atoms. The molecule has 0 aliphatic carbocycles. The first-order chi connectivity index (χ1) is 8.54. The number of fused-ring (bicyclic) bond motifs is 1. The summed E-state index contributed by atoms with van der Waals surface area (Å²) < 4.78 is 40.3. The summed E-state index contributed by atoms with van der Waals surface area (Å²) in [6.45, 7) is 1.20. The minimum Gasteiger partial charge on any atom is -0.371 e. The minimum atomic E-state index is -4.23. The quantitative estimate of drug-likeness (QED) is 0.771. The van der Waals surface area contributed by atoms with Crippen LogP contribution in [0.4, 0.5) is 13.2 Å². The van der Waals surface area contributed by atoms with E-state index in [9.17, 15) is 13.2 Å². The van der Waals surface area contributed by atoms with Crippen LogP contribution in [0.15, 0.2) is 24.3 Å². The van der Waals surface area contributed by atoms with Crippen molar-refractivity contribution in [1.82, 2.24) is 4.90 Å². The van der Waals surface area contributed by atoms with E-state index in [1.807, 2.05) is 12.1 Å². The van der Waals surface area contributed by atoms with Gasteiger partial charge in [0.2, 0.25) is 0 Å². The van der Waals surface area contributed by atoms with Crippen molar-refractivity contribution in [3.63, 3.8) is 0 Å². The highest BCUT2D eigenvalue weighted by Crippen LogP contribution is 2.18. The van der Waals surface area contributed by atoms with Crippen LogP contribution in [0.1, 0.15) is 11.1 Å². The second kappa shape index (κ2) is 5.71. The van der Waals surface area contributed by atoms with Crippen molar-refractivity contribution in [1.29, 1.82) is 0 Å². The summed E-state index contributed by atoms with van der Waals surface area (Å²) in [5.74, 6) is 0. The fraction of sp³-hybridized carbons (Fsp3) is 0.538. The van der Waals surface area contributed by atoms with Gasteiger partial charge in [-0.05, 0) is 17.5 Å². The number of alkyl halides is 3. The molecular weight excluding hydrogens is 243 g/mol. The predicted octanol–water partition coefficient (Wildman–Crippen LogP) is 2.62. The summed E-state index contributed by atoms with van der Waals surface area (Å²) in [6, 6.07) is 8.17. The monoisotopic (exact) mass is 259 g/mol. The maximum absolute atomic E-state index is 11.9. The van der Waals surface area contributed by atoms with Gasteiger partial charge in [0, 0.05) is 19.6 Å². The molecule has 0 fully saturated rings. The zero-order valence-corrected chi connectivity index (χ0v) is 10.0. The Morgan fingerprint density at radius 3 is 2.61 bits per heavy atom. The third-order valence-corrected chi connectivity index (χ3v) is 3.03. The molecule has 0 radical (unpaired) electrons. The Kier molecular flexibility index (Phi) is 4.24. The van der Waals surface area contributed by atoms with Crippen LogP contribution in [0.25, 0.3) is 0 Å². The van der Waals surface area contributed by atoms with E-state index >= 15 is 0 Å². The Balaban J connectivity index is 1.73. The molecular formula is C13H16F3NO. The Hall–Kier alpha value is -1.07. The summed E-state index contributed by atoms with van der Waals surface area (Å²) in [6.07, 6.45) is -3.27. The van der Waals surface area contributed by atoms with Gasteiger partial charge >= 0.3 is 6.18 Å². The van der Waals surface area contributed by atoms with Crippen molar-refractivity contribution < 1.29 is 17.9 Å². The Morgan fingerprint density at radius 1 is 1.17 bits per heavy atom. The summed E-state index contributed by atoms with van der Waals surface area (Å²) in [5, 5.41) is 0. The van der Waals surface area contributed by atoms with Gasteiger partial charge in [-0.3, -0.25) is 4.90 Å². The lowest BCUT2D eigenvalue weighted by Crippen LogP contribution is -2.33. The maximum Gasteiger partial charge on any atom is 0.411 e. The molecule has 2 nitrogen and oxygen atoms in total. The molecule has 1 aliphatic rings. The highest BCUT2D eigenvalue weighted by atomic mass is 19.4. The molecule has 0 saturated carbocycles. The molecule has 0 bridgehead atoms. The van der Waals surface area contributed by atoms with Crippen LogP contribution in [-0.2, 0) is 17.7 Å². The number of hydrogen-bond acceptors (Lipinski definition) is 2. The molecule has 18 heavy (non-hydrogen) atoms. The summed E-state index contributed by atoms with van der Waals surface area (Å²) in [7, 11) is 0. The van der Waals surface area contributed by atoms with Crippen LogP contribution >= 0.6 is 0 Å². The molecule has 1 aromatic carbocycles. The van der Waals surface area contributed by atoms with E-state index in [2.05, 4.69) is 21.8 Å². The minimum absolute atomic E-state index is 0.127. The van der Waals surface area contributed by atoms with E-state index in [-0.39, 0.29) is 6.61 Å². The normalized spacial score (nSPS) is 16.6. The zero-order chi connectivity index (χ0) is 13.0. The zero-order valence-electron chi connectivity index (χ0n) is 10.0. The van der Waals surface area contributed by atoms with Crippen LogP contribution in [0.5, 0.6) is 0 Å². The molecule has 0 saturated heterocycles. The van der Waals surface area contributed by atoms with Crippen molar-refractivity contribution in [2.75, 3.05) is 26.3 Å². The second-order valence-electron chi connectivity index (χ2n) is 4.46. The molecule has 100 valence electrons. The molecule has 5 heteroatoms. The predicted molar refractivity (Wildman–Crippen MR) is 62.3 cm³/mol. The molecule has 1 aromatic rings. The van der Waals surface area contributed by atoms with Gasteiger partial charge in [0.25, 0.3) is 0 Å². The molecule has 0 amide bonds. The lowest BCUT2D eigenvalue weighted by Gasteiger charge is -2.28. The van der Waals surface area contributed by atoms with Gasteiger partial charge in [0.15, 0.2) is 0 Å². The maximum atomic E-state index is 11.9. The van der Waals surface area contributed by atoms with Crippen molar-refractivity contribution in [3.05, 3.63) is 35.4 Å². The first-order valence-corrected chi connectivity index (χ1v) is 5.98. The fourth-order valence-corrected chi connectivity index (χ4v) is 2.13. The third-order valence-electron chi connectivity index (χ3n) is 3.03. The second-order valence-corrected chi connectivity index (χ2v) is 4.46. The highest BCUT2D eigenvalue weighted by molar-refractivity contribution is 5.28. The van der Waals surface area contributed by atoms with Gasteiger partial charge in [-0.2, -0.15) is 13.2 Å². The van der Waals surface area contributed by atoms with Crippen LogP contribution in [0, 0.1) is 0 Å². The van der Waals surface area contributed by atoms with Crippen LogP contribution < -0.4 is 0 Å². The summed E-state index contributed by atoms with van der Waals surface area (Å²) in [5.41, 5.74) is 2.60. The first-order valence-electron chi connectivity index (χ1n) is 5.98. The number of halogens is 3. The van der Waals surface area contributed by atoms with Gasteiger partial charge in [-0.1, -0.05) is 24.3 Å². The lowest BCUT2D eigenvalue weighted by atomic mass is 10.0. The van der Waals surface area contributed by atoms with Gasteiger partial charge in [-0.15, -0.1) is 0 Å². The first kappa shape index (κ1) is 13.4. The molecule has 0 aromatic heterocycles. The van der Waals surface area contributed by atoms with E-state index in [0.717, 1.165) is 19.5 Å². The van der Waals surface area contributed by atoms with E-state index in [0.29, 0.717) is 6.54 Å². The van der Waals surface area contributed by atoms with Crippen LogP contribution in [-0.4, -0.2) is 37.4 Å². The third kappa shape index (κ3) is 3.99. The van der Waals surface area contributed by atoms with Crippen molar-refractivity contribution in [3.8, 4) is 0 Å². The average molecular weight is 259 g/mol. The van der Waals surface area contributed by atoms with Crippen LogP contribution in [0.3, 0.4) is 0 Å². The lowest BCUT2D eigenvalue weighted by molar-refractivity contribution is -0.174.